The van der Waals surface area contributed by atoms with E-state index >= 15 is 0 Å². The summed E-state index contributed by atoms with van der Waals surface area (Å²) in [5.41, 5.74) is 9.02. The van der Waals surface area contributed by atoms with Crippen LogP contribution in [0.1, 0.15) is 42.7 Å². The Balaban J connectivity index is 1.42. The molecule has 7 nitrogen and oxygen atoms in total. The van der Waals surface area contributed by atoms with Gasteiger partial charge in [-0.05, 0) is 36.8 Å². The van der Waals surface area contributed by atoms with Crippen molar-refractivity contribution in [2.24, 2.45) is 4.99 Å². The number of hydrogen-bond acceptors (Lipinski definition) is 7. The number of nitrogens with two attached hydrogens (primary N) is 1. The van der Waals surface area contributed by atoms with Crippen LogP contribution in [0, 0.1) is 0 Å². The summed E-state index contributed by atoms with van der Waals surface area (Å²) in [6.07, 6.45) is 16.0. The number of fused-ring (bicyclic) bond motifs is 1. The molecule has 4 N–H and O–H groups in total. The van der Waals surface area contributed by atoms with E-state index in [0.29, 0.717) is 17.9 Å². The molecule has 7 heteroatoms. The van der Waals surface area contributed by atoms with Crippen LogP contribution in [-0.2, 0) is 0 Å². The fourth-order valence-corrected chi connectivity index (χ4v) is 4.35. The number of hydrogen-bond donors (Lipinski definition) is 3. The van der Waals surface area contributed by atoms with Crippen molar-refractivity contribution >= 4 is 17.9 Å². The van der Waals surface area contributed by atoms with Gasteiger partial charge in [-0.1, -0.05) is 36.8 Å². The van der Waals surface area contributed by atoms with E-state index in [9.17, 15) is 0 Å². The normalized spacial score (nSPS) is 22.9. The third-order valence-electron chi connectivity index (χ3n) is 5.84. The van der Waals surface area contributed by atoms with Gasteiger partial charge >= 0.3 is 0 Å². The van der Waals surface area contributed by atoms with Crippen LogP contribution in [0.5, 0.6) is 0 Å². The summed E-state index contributed by atoms with van der Waals surface area (Å²) in [7, 11) is 0. The lowest BCUT2D eigenvalue weighted by molar-refractivity contribution is 0.332. The lowest BCUT2D eigenvalue weighted by Crippen LogP contribution is -2.41. The van der Waals surface area contributed by atoms with E-state index in [-0.39, 0.29) is 0 Å². The maximum atomic E-state index is 5.66. The number of aliphatic imine (C=N–C) groups is 1. The molecule has 3 aliphatic rings. The van der Waals surface area contributed by atoms with Crippen LogP contribution in [0.15, 0.2) is 77.8 Å². The second-order valence-corrected chi connectivity index (χ2v) is 7.81. The summed E-state index contributed by atoms with van der Waals surface area (Å²) in [4.78, 5) is 15.0. The standard InChI is InChI=1S/C23H25N7/c24-23-27-13-18(14-28-23)17-8-4-9-19(12-17)29-22-21(16-6-2-1-3-7-16)26-15-20-25-10-5-11-30(20)22/h1-3,5-7,10-11,13-15,17,19,26,29H,4,8-9,12H2,(H2,24,27,28). The summed E-state index contributed by atoms with van der Waals surface area (Å²) in [5.74, 6) is 2.66. The van der Waals surface area contributed by atoms with Gasteiger partial charge in [0.25, 0.3) is 0 Å². The Morgan fingerprint density at radius 1 is 1.10 bits per heavy atom. The Labute approximate surface area is 176 Å². The van der Waals surface area contributed by atoms with Gasteiger partial charge in [0.1, 0.15) is 5.82 Å². The Morgan fingerprint density at radius 2 is 1.93 bits per heavy atom. The third-order valence-corrected chi connectivity index (χ3v) is 5.84. The molecule has 0 radical (unpaired) electrons. The SMILES string of the molecule is Nc1ncc(C2CCCC(NC3=C(c4ccccc4)NC=C4N=CC=CN43)C2)cn1. The van der Waals surface area contributed by atoms with Gasteiger partial charge in [0, 0.05) is 42.6 Å². The van der Waals surface area contributed by atoms with E-state index in [4.69, 9.17) is 5.73 Å². The van der Waals surface area contributed by atoms with Crippen LogP contribution in [0.3, 0.4) is 0 Å². The van der Waals surface area contributed by atoms with Gasteiger partial charge in [-0.2, -0.15) is 0 Å². The highest BCUT2D eigenvalue weighted by Crippen LogP contribution is 2.34. The molecule has 0 spiro atoms. The first kappa shape index (κ1) is 18.4. The summed E-state index contributed by atoms with van der Waals surface area (Å²) >= 11 is 0. The first-order valence-electron chi connectivity index (χ1n) is 10.4. The van der Waals surface area contributed by atoms with E-state index in [1.54, 1.807) is 0 Å². The molecule has 1 aromatic heterocycles. The number of nitrogens with one attached hydrogen (secondary N) is 2. The van der Waals surface area contributed by atoms with Gasteiger partial charge in [-0.25, -0.2) is 15.0 Å². The Kier molecular flexibility index (Phi) is 4.93. The fraction of sp³-hybridized carbons (Fsp3) is 0.261. The Bertz CT molecular complexity index is 1020. The van der Waals surface area contributed by atoms with Crippen LogP contribution >= 0.6 is 0 Å². The fourth-order valence-electron chi connectivity index (χ4n) is 4.35. The minimum absolute atomic E-state index is 0.326. The van der Waals surface area contributed by atoms with Crippen LogP contribution < -0.4 is 16.4 Å². The molecule has 2 unspecified atom stereocenters. The largest absolute Gasteiger partial charge is 0.368 e. The molecule has 152 valence electrons. The van der Waals surface area contributed by atoms with E-state index in [1.807, 2.05) is 37.0 Å². The number of rotatable bonds is 4. The van der Waals surface area contributed by atoms with Gasteiger partial charge in [0.05, 0.1) is 5.70 Å². The number of anilines is 1. The zero-order valence-electron chi connectivity index (χ0n) is 16.7. The maximum Gasteiger partial charge on any atom is 0.219 e. The molecule has 1 fully saturated rings. The van der Waals surface area contributed by atoms with Gasteiger partial charge in [0.2, 0.25) is 5.95 Å². The van der Waals surface area contributed by atoms with Crippen LogP contribution in [0.25, 0.3) is 5.70 Å². The second kappa shape index (κ2) is 8.02. The lowest BCUT2D eigenvalue weighted by Gasteiger charge is -2.37. The topological polar surface area (TPSA) is 91.5 Å². The summed E-state index contributed by atoms with van der Waals surface area (Å²) in [6.45, 7) is 0. The van der Waals surface area contributed by atoms with Crippen molar-refractivity contribution in [3.05, 3.63) is 84.0 Å². The highest BCUT2D eigenvalue weighted by atomic mass is 15.3. The van der Waals surface area contributed by atoms with Crippen molar-refractivity contribution in [3.63, 3.8) is 0 Å². The number of aromatic nitrogens is 2. The molecule has 5 rings (SSSR count). The second-order valence-electron chi connectivity index (χ2n) is 7.81. The summed E-state index contributed by atoms with van der Waals surface area (Å²) < 4.78 is 0. The highest BCUT2D eigenvalue weighted by Gasteiger charge is 2.29. The van der Waals surface area contributed by atoms with Gasteiger partial charge in [-0.15, -0.1) is 0 Å². The minimum Gasteiger partial charge on any atom is -0.368 e. The molecule has 2 atom stereocenters. The number of nitrogen functional groups attached to an aromatic ring is 1. The lowest BCUT2D eigenvalue weighted by atomic mass is 9.82. The van der Waals surface area contributed by atoms with Gasteiger partial charge in [0.15, 0.2) is 5.82 Å². The molecule has 0 bridgehead atoms. The smallest absolute Gasteiger partial charge is 0.219 e. The van der Waals surface area contributed by atoms with Crippen LogP contribution in [-0.4, -0.2) is 27.1 Å². The average Bonchev–Trinajstić information content (AvgIpc) is 2.80. The molecular formula is C23H25N7. The van der Waals surface area contributed by atoms with E-state index in [0.717, 1.165) is 54.1 Å². The minimum atomic E-state index is 0.326. The predicted molar refractivity (Wildman–Crippen MR) is 119 cm³/mol. The van der Waals surface area contributed by atoms with E-state index < -0.39 is 0 Å². The number of nitrogens with zero attached hydrogens (tertiary/aromatic N) is 4. The molecule has 3 heterocycles. The van der Waals surface area contributed by atoms with E-state index in [1.165, 1.54) is 0 Å². The monoisotopic (exact) mass is 399 g/mol. The van der Waals surface area contributed by atoms with Crippen molar-refractivity contribution in [1.82, 2.24) is 25.5 Å². The number of benzene rings is 1. The molecule has 1 aliphatic carbocycles. The molecule has 2 aromatic rings. The Morgan fingerprint density at radius 3 is 2.77 bits per heavy atom. The molecule has 1 aromatic carbocycles. The van der Waals surface area contributed by atoms with Crippen LogP contribution in [0.4, 0.5) is 5.95 Å². The summed E-state index contributed by atoms with van der Waals surface area (Å²) in [5, 5.41) is 7.28. The Hall–Kier alpha value is -3.61. The van der Waals surface area contributed by atoms with Crippen molar-refractivity contribution < 1.29 is 0 Å². The molecule has 0 saturated heterocycles. The first-order chi connectivity index (χ1) is 14.8. The van der Waals surface area contributed by atoms with E-state index in [2.05, 4.69) is 61.0 Å². The zero-order chi connectivity index (χ0) is 20.3. The van der Waals surface area contributed by atoms with Gasteiger partial charge < -0.3 is 16.4 Å². The van der Waals surface area contributed by atoms with Crippen molar-refractivity contribution in [1.29, 1.82) is 0 Å². The zero-order valence-corrected chi connectivity index (χ0v) is 16.7. The van der Waals surface area contributed by atoms with Crippen molar-refractivity contribution in [3.8, 4) is 0 Å². The van der Waals surface area contributed by atoms with Crippen molar-refractivity contribution in [2.45, 2.75) is 37.6 Å². The summed E-state index contributed by atoms with van der Waals surface area (Å²) in [6, 6.07) is 10.7. The molecule has 2 aliphatic heterocycles. The predicted octanol–water partition coefficient (Wildman–Crippen LogP) is 3.30. The highest BCUT2D eigenvalue weighted by molar-refractivity contribution is 5.76. The molecule has 0 amide bonds. The van der Waals surface area contributed by atoms with Crippen molar-refractivity contribution in [2.75, 3.05) is 5.73 Å². The molecular weight excluding hydrogens is 374 g/mol. The first-order valence-corrected chi connectivity index (χ1v) is 10.4. The van der Waals surface area contributed by atoms with Crippen LogP contribution in [0.2, 0.25) is 0 Å². The van der Waals surface area contributed by atoms with Gasteiger partial charge in [-0.3, -0.25) is 4.90 Å². The average molecular weight is 400 g/mol. The molecule has 1 saturated carbocycles. The third kappa shape index (κ3) is 3.66. The number of allylic oxidation sites excluding steroid dienone is 1. The maximum absolute atomic E-state index is 5.66. The quantitative estimate of drug-likeness (QED) is 0.731. The molecule has 30 heavy (non-hydrogen) atoms.